The minimum Gasteiger partial charge on any atom is -0.358 e. The van der Waals surface area contributed by atoms with E-state index in [0.717, 1.165) is 34.8 Å². The van der Waals surface area contributed by atoms with Crippen molar-refractivity contribution in [3.05, 3.63) is 20.8 Å². The van der Waals surface area contributed by atoms with Crippen LogP contribution in [-0.2, 0) is 25.4 Å². The molecule has 1 amide bonds. The van der Waals surface area contributed by atoms with Gasteiger partial charge in [-0.25, -0.2) is 9.78 Å². The number of aromatic nitrogens is 6. The van der Waals surface area contributed by atoms with Crippen LogP contribution in [0.2, 0.25) is 0 Å². The molecular weight excluding hydrogens is 517 g/mol. The molecule has 0 saturated carbocycles. The summed E-state index contributed by atoms with van der Waals surface area (Å²) in [4.78, 5) is 44.0. The van der Waals surface area contributed by atoms with Crippen LogP contribution in [0.3, 0.4) is 0 Å². The molecule has 3 aromatic rings. The number of imidazole rings is 1. The SMILES string of the molecule is CCn1c(Sc2nnc(NC(=O)CSC(=S)N3CCCCC3)s2)nc2c1c(=O)n(C)c(=O)n2C. The third-order valence-corrected chi connectivity index (χ3v) is 8.81. The van der Waals surface area contributed by atoms with Gasteiger partial charge < -0.3 is 9.47 Å². The van der Waals surface area contributed by atoms with E-state index >= 15 is 0 Å². The minimum atomic E-state index is -0.437. The molecule has 3 aromatic heterocycles. The van der Waals surface area contributed by atoms with Gasteiger partial charge in [-0.1, -0.05) is 35.3 Å². The van der Waals surface area contributed by atoms with Gasteiger partial charge in [-0.05, 0) is 37.9 Å². The van der Waals surface area contributed by atoms with Gasteiger partial charge in [0.1, 0.15) is 4.32 Å². The Morgan fingerprint density at radius 2 is 1.88 bits per heavy atom. The Morgan fingerprint density at radius 3 is 2.59 bits per heavy atom. The fourth-order valence-electron chi connectivity index (χ4n) is 3.63. The second-order valence-electron chi connectivity index (χ2n) is 7.64. The first-order valence-corrected chi connectivity index (χ1v) is 13.7. The van der Waals surface area contributed by atoms with E-state index in [1.807, 2.05) is 6.92 Å². The van der Waals surface area contributed by atoms with E-state index in [9.17, 15) is 14.4 Å². The van der Waals surface area contributed by atoms with Crippen LogP contribution in [0, 0.1) is 0 Å². The number of fused-ring (bicyclic) bond motifs is 1. The Labute approximate surface area is 212 Å². The summed E-state index contributed by atoms with van der Waals surface area (Å²) in [6.07, 6.45) is 3.49. The Bertz CT molecular complexity index is 1350. The van der Waals surface area contributed by atoms with Gasteiger partial charge in [0.05, 0.1) is 5.75 Å². The predicted octanol–water partition coefficient (Wildman–Crippen LogP) is 1.90. The summed E-state index contributed by atoms with van der Waals surface area (Å²) in [6, 6.07) is 0. The number of amides is 1. The number of nitrogens with one attached hydrogen (secondary N) is 1. The van der Waals surface area contributed by atoms with Crippen LogP contribution in [0.1, 0.15) is 26.2 Å². The van der Waals surface area contributed by atoms with Gasteiger partial charge in [-0.3, -0.25) is 24.0 Å². The predicted molar refractivity (Wildman–Crippen MR) is 139 cm³/mol. The smallest absolute Gasteiger partial charge is 0.332 e. The van der Waals surface area contributed by atoms with E-state index in [1.165, 1.54) is 52.9 Å². The van der Waals surface area contributed by atoms with Gasteiger partial charge in [-0.15, -0.1) is 10.2 Å². The highest BCUT2D eigenvalue weighted by Gasteiger charge is 2.21. The lowest BCUT2D eigenvalue weighted by Crippen LogP contribution is -2.37. The number of likely N-dealkylation sites (tertiary alicyclic amines) is 1. The molecule has 0 aliphatic carbocycles. The third-order valence-electron chi connectivity index (χ3n) is 5.40. The molecule has 1 saturated heterocycles. The molecule has 15 heteroatoms. The number of nitrogens with zero attached hydrogens (tertiary/aromatic N) is 7. The number of thiocarbonyl (C=S) groups is 1. The third kappa shape index (κ3) is 5.06. The van der Waals surface area contributed by atoms with Crippen molar-refractivity contribution in [3.8, 4) is 0 Å². The number of anilines is 1. The van der Waals surface area contributed by atoms with Gasteiger partial charge in [0.15, 0.2) is 20.7 Å². The summed E-state index contributed by atoms with van der Waals surface area (Å²) >= 11 is 9.24. The van der Waals surface area contributed by atoms with Crippen LogP contribution >= 0.6 is 47.1 Å². The second-order valence-corrected chi connectivity index (χ2v) is 11.4. The summed E-state index contributed by atoms with van der Waals surface area (Å²) in [6.45, 7) is 4.29. The number of thioether (sulfide) groups is 1. The van der Waals surface area contributed by atoms with Crippen molar-refractivity contribution < 1.29 is 4.79 Å². The largest absolute Gasteiger partial charge is 0.358 e. The van der Waals surface area contributed by atoms with Crippen LogP contribution in [-0.4, -0.2) is 62.9 Å². The lowest BCUT2D eigenvalue weighted by Gasteiger charge is -2.28. The number of hydrogen-bond donors (Lipinski definition) is 1. The van der Waals surface area contributed by atoms with Crippen molar-refractivity contribution in [1.29, 1.82) is 0 Å². The molecule has 0 unspecified atom stereocenters. The topological polar surface area (TPSA) is 120 Å². The van der Waals surface area contributed by atoms with E-state index in [4.69, 9.17) is 12.2 Å². The number of piperidine rings is 1. The number of hydrogen-bond acceptors (Lipinski definition) is 10. The molecule has 0 spiro atoms. The highest BCUT2D eigenvalue weighted by atomic mass is 32.2. The molecule has 4 rings (SSSR count). The first-order chi connectivity index (χ1) is 16.3. The van der Waals surface area contributed by atoms with Crippen LogP contribution in [0.15, 0.2) is 19.1 Å². The summed E-state index contributed by atoms with van der Waals surface area (Å²) < 4.78 is 5.48. The molecule has 0 bridgehead atoms. The first kappa shape index (κ1) is 24.9. The normalized spacial score (nSPS) is 14.0. The maximum atomic E-state index is 12.7. The maximum Gasteiger partial charge on any atom is 0.332 e. The summed E-state index contributed by atoms with van der Waals surface area (Å²) in [5.41, 5.74) is -0.163. The van der Waals surface area contributed by atoms with Crippen molar-refractivity contribution in [1.82, 2.24) is 33.8 Å². The fourth-order valence-corrected chi connectivity index (χ4v) is 6.50. The summed E-state index contributed by atoms with van der Waals surface area (Å²) in [5, 5.41) is 11.8. The molecule has 182 valence electrons. The Morgan fingerprint density at radius 1 is 1.15 bits per heavy atom. The van der Waals surface area contributed by atoms with Crippen molar-refractivity contribution in [3.63, 3.8) is 0 Å². The molecule has 0 atom stereocenters. The van der Waals surface area contributed by atoms with Crippen LogP contribution in [0.4, 0.5) is 5.13 Å². The van der Waals surface area contributed by atoms with Crippen molar-refractivity contribution in [2.24, 2.45) is 14.1 Å². The van der Waals surface area contributed by atoms with Gasteiger partial charge in [0.25, 0.3) is 5.56 Å². The highest BCUT2D eigenvalue weighted by molar-refractivity contribution is 8.23. The average Bonchev–Trinajstić information content (AvgIpc) is 3.44. The zero-order chi connectivity index (χ0) is 24.4. The van der Waals surface area contributed by atoms with Crippen LogP contribution in [0.5, 0.6) is 0 Å². The zero-order valence-corrected chi connectivity index (χ0v) is 22.2. The number of rotatable bonds is 6. The Balaban J connectivity index is 1.44. The molecule has 1 fully saturated rings. The lowest BCUT2D eigenvalue weighted by atomic mass is 10.1. The van der Waals surface area contributed by atoms with Crippen LogP contribution < -0.4 is 16.6 Å². The molecular formula is C19H24N8O3S4. The molecule has 11 nitrogen and oxygen atoms in total. The van der Waals surface area contributed by atoms with Gasteiger partial charge in [0.2, 0.25) is 11.0 Å². The average molecular weight is 541 g/mol. The van der Waals surface area contributed by atoms with Gasteiger partial charge >= 0.3 is 5.69 Å². The standard InChI is InChI=1S/C19H24N8O3S4/c1-4-27-12-13(24(2)18(30)25(3)14(12)29)21-16(27)34-17-23-22-15(33-17)20-11(28)10-32-19(31)26-8-6-5-7-9-26/h4-10H2,1-3H3,(H,20,22,28). The Kier molecular flexibility index (Phi) is 7.74. The highest BCUT2D eigenvalue weighted by Crippen LogP contribution is 2.32. The van der Waals surface area contributed by atoms with E-state index in [-0.39, 0.29) is 11.7 Å². The molecule has 4 heterocycles. The number of carbonyl (C=O) groups is 1. The lowest BCUT2D eigenvalue weighted by molar-refractivity contribution is -0.113. The second kappa shape index (κ2) is 10.6. The minimum absolute atomic E-state index is 0.198. The van der Waals surface area contributed by atoms with E-state index in [1.54, 1.807) is 11.6 Å². The molecule has 0 aromatic carbocycles. The van der Waals surface area contributed by atoms with Crippen LogP contribution in [0.25, 0.3) is 11.2 Å². The van der Waals surface area contributed by atoms with E-state index < -0.39 is 11.2 Å². The summed E-state index contributed by atoms with van der Waals surface area (Å²) in [5.74, 6) is 0.0109. The number of aryl methyl sites for hydroxylation is 2. The van der Waals surface area contributed by atoms with Crippen molar-refractivity contribution >= 4 is 73.6 Å². The summed E-state index contributed by atoms with van der Waals surface area (Å²) in [7, 11) is 3.03. The first-order valence-electron chi connectivity index (χ1n) is 10.7. The quantitative estimate of drug-likeness (QED) is 0.367. The van der Waals surface area contributed by atoms with Crippen molar-refractivity contribution in [2.75, 3.05) is 24.2 Å². The molecule has 1 aliphatic heterocycles. The monoisotopic (exact) mass is 540 g/mol. The van der Waals surface area contributed by atoms with E-state index in [0.29, 0.717) is 32.3 Å². The Hall–Kier alpha value is -2.23. The zero-order valence-electron chi connectivity index (χ0n) is 18.9. The molecule has 1 N–H and O–H groups in total. The van der Waals surface area contributed by atoms with Gasteiger partial charge in [-0.2, -0.15) is 0 Å². The van der Waals surface area contributed by atoms with Crippen molar-refractivity contribution in [2.45, 2.75) is 42.2 Å². The number of carbonyl (C=O) groups excluding carboxylic acids is 1. The molecule has 1 aliphatic rings. The maximum absolute atomic E-state index is 12.7. The van der Waals surface area contributed by atoms with E-state index in [2.05, 4.69) is 25.4 Å². The fraction of sp³-hybridized carbons (Fsp3) is 0.526. The molecule has 0 radical (unpaired) electrons. The molecule has 34 heavy (non-hydrogen) atoms. The van der Waals surface area contributed by atoms with Gasteiger partial charge in [0, 0.05) is 33.7 Å².